The summed E-state index contributed by atoms with van der Waals surface area (Å²) < 4.78 is 5.13. The van der Waals surface area contributed by atoms with Crippen LogP contribution in [0.3, 0.4) is 0 Å². The molecule has 2 amide bonds. The summed E-state index contributed by atoms with van der Waals surface area (Å²) in [5.41, 5.74) is 3.03. The molecule has 0 radical (unpaired) electrons. The number of anilines is 1. The highest BCUT2D eigenvalue weighted by atomic mass is 16.5. The second-order valence-electron chi connectivity index (χ2n) is 6.31. The van der Waals surface area contributed by atoms with Crippen LogP contribution in [0.4, 0.5) is 5.69 Å². The molecule has 0 unspecified atom stereocenters. The number of carbonyl (C=O) groups is 2. The number of hydrogen-bond acceptors (Lipinski definition) is 3. The molecule has 0 spiro atoms. The largest absolute Gasteiger partial charge is 0.497 e. The molecule has 0 saturated carbocycles. The monoisotopic (exact) mass is 338 g/mol. The summed E-state index contributed by atoms with van der Waals surface area (Å²) >= 11 is 0. The van der Waals surface area contributed by atoms with Gasteiger partial charge in [0.2, 0.25) is 11.8 Å². The van der Waals surface area contributed by atoms with Crippen molar-refractivity contribution in [3.05, 3.63) is 59.7 Å². The van der Waals surface area contributed by atoms with Gasteiger partial charge < -0.3 is 15.0 Å². The fourth-order valence-corrected chi connectivity index (χ4v) is 2.93. The molecule has 25 heavy (non-hydrogen) atoms. The average Bonchev–Trinajstić information content (AvgIpc) is 3.03. The van der Waals surface area contributed by atoms with Gasteiger partial charge in [0.15, 0.2) is 0 Å². The number of ether oxygens (including phenoxy) is 1. The molecule has 1 N–H and O–H groups in total. The Balaban J connectivity index is 1.59. The molecule has 1 aliphatic rings. The van der Waals surface area contributed by atoms with Crippen LogP contribution < -0.4 is 15.0 Å². The zero-order chi connectivity index (χ0) is 17.8. The zero-order valence-electron chi connectivity index (χ0n) is 14.5. The van der Waals surface area contributed by atoms with Crippen molar-refractivity contribution >= 4 is 17.5 Å². The molecule has 0 aromatic heterocycles. The van der Waals surface area contributed by atoms with Gasteiger partial charge in [0.25, 0.3) is 0 Å². The molecule has 1 heterocycles. The van der Waals surface area contributed by atoms with Gasteiger partial charge in [-0.1, -0.05) is 29.8 Å². The lowest BCUT2D eigenvalue weighted by Gasteiger charge is -2.17. The number of nitrogens with zero attached hydrogens (tertiary/aromatic N) is 1. The van der Waals surface area contributed by atoms with Gasteiger partial charge in [0.1, 0.15) is 5.75 Å². The third kappa shape index (κ3) is 3.99. The second-order valence-corrected chi connectivity index (χ2v) is 6.31. The summed E-state index contributed by atoms with van der Waals surface area (Å²) in [5, 5.41) is 2.93. The molecule has 0 bridgehead atoms. The van der Waals surface area contributed by atoms with E-state index in [1.807, 2.05) is 55.5 Å². The Bertz CT molecular complexity index is 754. The maximum Gasteiger partial charge on any atom is 0.227 e. The van der Waals surface area contributed by atoms with Crippen molar-refractivity contribution in [3.63, 3.8) is 0 Å². The predicted molar refractivity (Wildman–Crippen MR) is 96.5 cm³/mol. The molecule has 130 valence electrons. The van der Waals surface area contributed by atoms with Crippen molar-refractivity contribution in [1.29, 1.82) is 0 Å². The smallest absolute Gasteiger partial charge is 0.227 e. The Morgan fingerprint density at radius 2 is 1.84 bits per heavy atom. The number of nitrogens with one attached hydrogen (secondary N) is 1. The predicted octanol–water partition coefficient (Wildman–Crippen LogP) is 2.67. The van der Waals surface area contributed by atoms with E-state index in [4.69, 9.17) is 4.74 Å². The van der Waals surface area contributed by atoms with Crippen LogP contribution in [0.25, 0.3) is 0 Å². The summed E-state index contributed by atoms with van der Waals surface area (Å²) in [6, 6.07) is 15.3. The van der Waals surface area contributed by atoms with Crippen LogP contribution in [0.2, 0.25) is 0 Å². The number of hydrogen-bond donors (Lipinski definition) is 1. The van der Waals surface area contributed by atoms with E-state index in [1.165, 1.54) is 5.56 Å². The lowest BCUT2D eigenvalue weighted by atomic mass is 10.1. The van der Waals surface area contributed by atoms with E-state index in [-0.39, 0.29) is 24.2 Å². The van der Waals surface area contributed by atoms with Crippen molar-refractivity contribution in [2.24, 2.45) is 5.92 Å². The van der Waals surface area contributed by atoms with Gasteiger partial charge in [-0.25, -0.2) is 0 Å². The Hall–Kier alpha value is -2.82. The summed E-state index contributed by atoms with van der Waals surface area (Å²) in [4.78, 5) is 26.3. The first kappa shape index (κ1) is 17.0. The van der Waals surface area contributed by atoms with E-state index in [0.29, 0.717) is 13.1 Å². The fraction of sp³-hybridized carbons (Fsp3) is 0.300. The van der Waals surface area contributed by atoms with Crippen LogP contribution >= 0.6 is 0 Å². The first-order chi connectivity index (χ1) is 12.1. The van der Waals surface area contributed by atoms with Crippen LogP contribution in [-0.4, -0.2) is 25.5 Å². The van der Waals surface area contributed by atoms with Crippen LogP contribution in [0.5, 0.6) is 5.75 Å². The lowest BCUT2D eigenvalue weighted by molar-refractivity contribution is -0.126. The van der Waals surface area contributed by atoms with Crippen molar-refractivity contribution in [2.75, 3.05) is 18.6 Å². The highest BCUT2D eigenvalue weighted by Crippen LogP contribution is 2.27. The highest BCUT2D eigenvalue weighted by molar-refractivity contribution is 6.00. The molecule has 1 aliphatic heterocycles. The molecular formula is C20H22N2O3. The number of amides is 2. The molecule has 5 nitrogen and oxygen atoms in total. The number of benzene rings is 2. The van der Waals surface area contributed by atoms with E-state index in [9.17, 15) is 9.59 Å². The fourth-order valence-electron chi connectivity index (χ4n) is 2.93. The summed E-state index contributed by atoms with van der Waals surface area (Å²) in [6.07, 6.45) is 0.242. The van der Waals surface area contributed by atoms with E-state index in [0.717, 1.165) is 17.0 Å². The molecule has 1 atom stereocenters. The Labute approximate surface area is 147 Å². The number of rotatable bonds is 5. The van der Waals surface area contributed by atoms with Crippen molar-refractivity contribution in [3.8, 4) is 5.75 Å². The number of aryl methyl sites for hydroxylation is 1. The van der Waals surface area contributed by atoms with Crippen molar-refractivity contribution in [2.45, 2.75) is 19.9 Å². The summed E-state index contributed by atoms with van der Waals surface area (Å²) in [6.45, 7) is 2.91. The van der Waals surface area contributed by atoms with E-state index < -0.39 is 0 Å². The highest BCUT2D eigenvalue weighted by Gasteiger charge is 2.34. The molecule has 5 heteroatoms. The molecule has 1 fully saturated rings. The minimum Gasteiger partial charge on any atom is -0.497 e. The quantitative estimate of drug-likeness (QED) is 0.912. The van der Waals surface area contributed by atoms with Crippen molar-refractivity contribution < 1.29 is 14.3 Å². The van der Waals surface area contributed by atoms with Crippen molar-refractivity contribution in [1.82, 2.24) is 5.32 Å². The molecule has 3 rings (SSSR count). The third-order valence-electron chi connectivity index (χ3n) is 4.47. The molecule has 2 aromatic rings. The molecule has 0 aliphatic carbocycles. The van der Waals surface area contributed by atoms with Crippen LogP contribution in [0.1, 0.15) is 17.5 Å². The third-order valence-corrected chi connectivity index (χ3v) is 4.47. The van der Waals surface area contributed by atoms with Gasteiger partial charge in [-0.05, 0) is 36.8 Å². The zero-order valence-corrected chi connectivity index (χ0v) is 14.5. The maximum absolute atomic E-state index is 12.4. The van der Waals surface area contributed by atoms with Gasteiger partial charge in [-0.15, -0.1) is 0 Å². The Morgan fingerprint density at radius 3 is 2.48 bits per heavy atom. The van der Waals surface area contributed by atoms with Gasteiger partial charge >= 0.3 is 0 Å². The Morgan fingerprint density at radius 1 is 1.16 bits per heavy atom. The van der Waals surface area contributed by atoms with Gasteiger partial charge in [0.05, 0.1) is 13.0 Å². The average molecular weight is 338 g/mol. The van der Waals surface area contributed by atoms with E-state index in [2.05, 4.69) is 5.32 Å². The SMILES string of the molecule is COc1ccc(N2C[C@@H](C(=O)NCc3ccc(C)cc3)CC2=O)cc1. The lowest BCUT2D eigenvalue weighted by Crippen LogP contribution is -2.32. The van der Waals surface area contributed by atoms with E-state index in [1.54, 1.807) is 12.0 Å². The van der Waals surface area contributed by atoms with Crippen LogP contribution in [-0.2, 0) is 16.1 Å². The van der Waals surface area contributed by atoms with E-state index >= 15 is 0 Å². The first-order valence-electron chi connectivity index (χ1n) is 8.34. The normalized spacial score (nSPS) is 16.8. The van der Waals surface area contributed by atoms with Gasteiger partial charge in [0, 0.05) is 25.2 Å². The molecular weight excluding hydrogens is 316 g/mol. The maximum atomic E-state index is 12.4. The topological polar surface area (TPSA) is 58.6 Å². The van der Waals surface area contributed by atoms with Gasteiger partial charge in [-0.2, -0.15) is 0 Å². The van der Waals surface area contributed by atoms with Crippen LogP contribution in [0, 0.1) is 12.8 Å². The summed E-state index contributed by atoms with van der Waals surface area (Å²) in [5.74, 6) is 0.313. The van der Waals surface area contributed by atoms with Crippen LogP contribution in [0.15, 0.2) is 48.5 Å². The Kier molecular flexibility index (Phi) is 5.03. The molecule has 1 saturated heterocycles. The standard InChI is InChI=1S/C20H22N2O3/c1-14-3-5-15(6-4-14)12-21-20(24)16-11-19(23)22(13-16)17-7-9-18(25-2)10-8-17/h3-10,16H,11-13H2,1-2H3,(H,21,24)/t16-/m0/s1. The number of carbonyl (C=O) groups excluding carboxylic acids is 2. The number of methoxy groups -OCH3 is 1. The minimum absolute atomic E-state index is 0.0272. The summed E-state index contributed by atoms with van der Waals surface area (Å²) in [7, 11) is 1.60. The van der Waals surface area contributed by atoms with Gasteiger partial charge in [-0.3, -0.25) is 9.59 Å². The molecule has 2 aromatic carbocycles. The minimum atomic E-state index is -0.319. The second kappa shape index (κ2) is 7.38. The first-order valence-corrected chi connectivity index (χ1v) is 8.34.